The molecule has 0 aromatic heterocycles. The predicted molar refractivity (Wildman–Crippen MR) is 116 cm³/mol. The molecule has 1 fully saturated rings. The molecule has 0 radical (unpaired) electrons. The summed E-state index contributed by atoms with van der Waals surface area (Å²) in [6.07, 6.45) is 0. The summed E-state index contributed by atoms with van der Waals surface area (Å²) in [5.41, 5.74) is 1.06. The first-order valence-electron chi connectivity index (χ1n) is 9.38. The second kappa shape index (κ2) is 8.24. The number of hydrogen-bond donors (Lipinski definition) is 1. The van der Waals surface area contributed by atoms with Crippen molar-refractivity contribution in [3.05, 3.63) is 100 Å². The van der Waals surface area contributed by atoms with Gasteiger partial charge in [0.2, 0.25) is 0 Å². The molecule has 1 amide bonds. The second-order valence-corrected chi connectivity index (χ2v) is 7.33. The van der Waals surface area contributed by atoms with Gasteiger partial charge in [0.15, 0.2) is 0 Å². The number of benzene rings is 3. The number of hydrogen-bond acceptors (Lipinski definition) is 4. The zero-order valence-electron chi connectivity index (χ0n) is 16.4. The van der Waals surface area contributed by atoms with Crippen molar-refractivity contribution in [2.24, 2.45) is 0 Å². The summed E-state index contributed by atoms with van der Waals surface area (Å²) >= 11 is 5.93. The Morgan fingerprint density at radius 2 is 1.65 bits per heavy atom. The number of amides is 1. The van der Waals surface area contributed by atoms with Crippen LogP contribution in [0.15, 0.2) is 78.4 Å². The molecule has 1 saturated heterocycles. The highest BCUT2D eigenvalue weighted by Crippen LogP contribution is 2.44. The lowest BCUT2D eigenvalue weighted by molar-refractivity contribution is -0.132. The van der Waals surface area contributed by atoms with Crippen LogP contribution in [-0.4, -0.2) is 23.9 Å². The summed E-state index contributed by atoms with van der Waals surface area (Å²) < 4.78 is 18.9. The van der Waals surface area contributed by atoms with Crippen molar-refractivity contribution in [1.82, 2.24) is 0 Å². The Labute approximate surface area is 182 Å². The van der Waals surface area contributed by atoms with E-state index in [1.165, 1.54) is 36.3 Å². The molecule has 1 N–H and O–H groups in total. The maximum Gasteiger partial charge on any atom is 0.300 e. The van der Waals surface area contributed by atoms with Crippen LogP contribution in [0.3, 0.4) is 0 Å². The SMILES string of the molecule is COc1ccccc1[C@H]1/C(=C(\O)c2ccc(Cl)cc2)C(=O)C(=O)N1c1ccc(F)cc1. The molecule has 0 saturated carbocycles. The lowest BCUT2D eigenvalue weighted by Gasteiger charge is -2.26. The van der Waals surface area contributed by atoms with Crippen LogP contribution in [0.25, 0.3) is 5.76 Å². The van der Waals surface area contributed by atoms with Gasteiger partial charge in [0.1, 0.15) is 17.3 Å². The average Bonchev–Trinajstić information content (AvgIpc) is 3.05. The highest BCUT2D eigenvalue weighted by molar-refractivity contribution is 6.51. The number of rotatable bonds is 4. The lowest BCUT2D eigenvalue weighted by atomic mass is 9.94. The van der Waals surface area contributed by atoms with E-state index in [-0.39, 0.29) is 11.3 Å². The zero-order chi connectivity index (χ0) is 22.1. The van der Waals surface area contributed by atoms with Crippen LogP contribution < -0.4 is 9.64 Å². The number of methoxy groups -OCH3 is 1. The summed E-state index contributed by atoms with van der Waals surface area (Å²) in [6, 6.07) is 17.4. The van der Waals surface area contributed by atoms with E-state index in [1.807, 2.05) is 0 Å². The number of nitrogens with zero attached hydrogens (tertiary/aromatic N) is 1. The van der Waals surface area contributed by atoms with Crippen LogP contribution in [0.2, 0.25) is 5.02 Å². The normalized spacial score (nSPS) is 17.8. The first-order valence-corrected chi connectivity index (χ1v) is 9.75. The fourth-order valence-electron chi connectivity index (χ4n) is 3.65. The number of ketones is 1. The topological polar surface area (TPSA) is 66.8 Å². The smallest absolute Gasteiger partial charge is 0.300 e. The van der Waals surface area contributed by atoms with E-state index in [0.29, 0.717) is 27.6 Å². The van der Waals surface area contributed by atoms with E-state index < -0.39 is 23.5 Å². The van der Waals surface area contributed by atoms with Crippen LogP contribution in [-0.2, 0) is 9.59 Å². The van der Waals surface area contributed by atoms with Crippen molar-refractivity contribution in [1.29, 1.82) is 0 Å². The quantitative estimate of drug-likeness (QED) is 0.350. The molecule has 5 nitrogen and oxygen atoms in total. The van der Waals surface area contributed by atoms with Crippen LogP contribution >= 0.6 is 11.6 Å². The molecule has 1 aliphatic rings. The van der Waals surface area contributed by atoms with Gasteiger partial charge in [0, 0.05) is 21.8 Å². The molecule has 1 aliphatic heterocycles. The molecule has 1 heterocycles. The Kier molecular flexibility index (Phi) is 5.48. The summed E-state index contributed by atoms with van der Waals surface area (Å²) in [7, 11) is 1.47. The molecule has 1 atom stereocenters. The van der Waals surface area contributed by atoms with Gasteiger partial charge in [-0.25, -0.2) is 4.39 Å². The fraction of sp³-hybridized carbons (Fsp3) is 0.0833. The van der Waals surface area contributed by atoms with Crippen molar-refractivity contribution >= 4 is 34.7 Å². The minimum Gasteiger partial charge on any atom is -0.507 e. The van der Waals surface area contributed by atoms with Crippen LogP contribution in [0, 0.1) is 5.82 Å². The number of para-hydroxylation sites is 1. The van der Waals surface area contributed by atoms with E-state index in [9.17, 15) is 19.1 Å². The molecule has 3 aromatic rings. The third-order valence-corrected chi connectivity index (χ3v) is 5.35. The van der Waals surface area contributed by atoms with Crippen molar-refractivity contribution in [2.45, 2.75) is 6.04 Å². The molecule has 7 heteroatoms. The van der Waals surface area contributed by atoms with Gasteiger partial charge in [-0.05, 0) is 54.6 Å². The minimum atomic E-state index is -0.975. The second-order valence-electron chi connectivity index (χ2n) is 6.89. The van der Waals surface area contributed by atoms with Crippen LogP contribution in [0.1, 0.15) is 17.2 Å². The minimum absolute atomic E-state index is 0.0962. The molecule has 0 aliphatic carbocycles. The highest BCUT2D eigenvalue weighted by atomic mass is 35.5. The molecule has 4 rings (SSSR count). The van der Waals surface area contributed by atoms with Gasteiger partial charge in [-0.2, -0.15) is 0 Å². The Morgan fingerprint density at radius 1 is 1.00 bits per heavy atom. The average molecular weight is 438 g/mol. The highest BCUT2D eigenvalue weighted by Gasteiger charge is 2.47. The molecule has 31 heavy (non-hydrogen) atoms. The van der Waals surface area contributed by atoms with Crippen molar-refractivity contribution in [3.8, 4) is 5.75 Å². The zero-order valence-corrected chi connectivity index (χ0v) is 17.1. The first-order chi connectivity index (χ1) is 14.9. The van der Waals surface area contributed by atoms with Crippen LogP contribution in [0.4, 0.5) is 10.1 Å². The fourth-order valence-corrected chi connectivity index (χ4v) is 3.78. The van der Waals surface area contributed by atoms with Crippen LogP contribution in [0.5, 0.6) is 5.75 Å². The van der Waals surface area contributed by atoms with Gasteiger partial charge >= 0.3 is 0 Å². The number of carbonyl (C=O) groups excluding carboxylic acids is 2. The molecule has 0 spiro atoms. The third kappa shape index (κ3) is 3.66. The number of anilines is 1. The summed E-state index contributed by atoms with van der Waals surface area (Å²) in [6.45, 7) is 0. The number of aliphatic hydroxyl groups excluding tert-OH is 1. The van der Waals surface area contributed by atoms with Gasteiger partial charge in [-0.3, -0.25) is 14.5 Å². The lowest BCUT2D eigenvalue weighted by Crippen LogP contribution is -2.29. The summed E-state index contributed by atoms with van der Waals surface area (Å²) in [5.74, 6) is -2.07. The molecule has 3 aromatic carbocycles. The molecular formula is C24H17ClFNO4. The van der Waals surface area contributed by atoms with Gasteiger partial charge in [0.05, 0.1) is 18.7 Å². The van der Waals surface area contributed by atoms with E-state index in [0.717, 1.165) is 0 Å². The van der Waals surface area contributed by atoms with Gasteiger partial charge in [0.25, 0.3) is 11.7 Å². The maximum absolute atomic E-state index is 13.5. The monoisotopic (exact) mass is 437 g/mol. The standard InChI is InChI=1S/C24H17ClFNO4/c1-31-19-5-3-2-4-18(19)21-20(22(28)14-6-8-15(25)9-7-14)23(29)24(30)27(21)17-12-10-16(26)11-13-17/h2-13,21,28H,1H3/b22-20+/t21-/m0/s1. The summed E-state index contributed by atoms with van der Waals surface area (Å²) in [5, 5.41) is 11.5. The van der Waals surface area contributed by atoms with E-state index in [2.05, 4.69) is 0 Å². The van der Waals surface area contributed by atoms with Gasteiger partial charge in [-0.1, -0.05) is 29.8 Å². The molecule has 0 unspecified atom stereocenters. The van der Waals surface area contributed by atoms with Crippen molar-refractivity contribution < 1.29 is 23.8 Å². The van der Waals surface area contributed by atoms with Crippen molar-refractivity contribution in [3.63, 3.8) is 0 Å². The largest absolute Gasteiger partial charge is 0.507 e. The number of ether oxygens (including phenoxy) is 1. The van der Waals surface area contributed by atoms with E-state index >= 15 is 0 Å². The Morgan fingerprint density at radius 3 is 2.29 bits per heavy atom. The Hall–Kier alpha value is -3.64. The predicted octanol–water partition coefficient (Wildman–Crippen LogP) is 5.11. The number of aliphatic hydroxyl groups is 1. The number of carbonyl (C=O) groups is 2. The summed E-state index contributed by atoms with van der Waals surface area (Å²) in [4.78, 5) is 27.4. The third-order valence-electron chi connectivity index (χ3n) is 5.10. The van der Waals surface area contributed by atoms with Crippen molar-refractivity contribution in [2.75, 3.05) is 12.0 Å². The Bertz CT molecular complexity index is 1190. The number of Topliss-reactive ketones (excluding diaryl/α,β-unsaturated/α-hetero) is 1. The van der Waals surface area contributed by atoms with Gasteiger partial charge < -0.3 is 9.84 Å². The first kappa shape index (κ1) is 20.6. The van der Waals surface area contributed by atoms with E-state index in [4.69, 9.17) is 16.3 Å². The van der Waals surface area contributed by atoms with E-state index in [1.54, 1.807) is 48.5 Å². The maximum atomic E-state index is 13.5. The number of halogens is 2. The Balaban J connectivity index is 1.97. The molecular weight excluding hydrogens is 421 g/mol. The molecule has 156 valence electrons. The van der Waals surface area contributed by atoms with Gasteiger partial charge in [-0.15, -0.1) is 0 Å². The molecule has 0 bridgehead atoms.